The van der Waals surface area contributed by atoms with E-state index in [0.29, 0.717) is 17.3 Å². The number of amides is 1. The van der Waals surface area contributed by atoms with Gasteiger partial charge in [-0.15, -0.1) is 0 Å². The second kappa shape index (κ2) is 8.43. The summed E-state index contributed by atoms with van der Waals surface area (Å²) in [6, 6.07) is 13.7. The Kier molecular flexibility index (Phi) is 6.01. The monoisotopic (exact) mass is 373 g/mol. The second-order valence-corrected chi connectivity index (χ2v) is 6.87. The van der Waals surface area contributed by atoms with Crippen molar-refractivity contribution < 1.29 is 9.53 Å². The number of hydrogen-bond acceptors (Lipinski definition) is 4. The average molecular weight is 374 g/mol. The molecule has 0 aromatic heterocycles. The normalized spacial score (nSPS) is 15.0. The van der Waals surface area contributed by atoms with Gasteiger partial charge >= 0.3 is 0 Å². The molecule has 1 saturated heterocycles. The fraction of sp³-hybridized carbons (Fsp3) is 0.350. The average Bonchev–Trinajstić information content (AvgIpc) is 2.64. The smallest absolute Gasteiger partial charge is 0.238 e. The van der Waals surface area contributed by atoms with Gasteiger partial charge in [0.2, 0.25) is 5.91 Å². The molecule has 1 fully saturated rings. The van der Waals surface area contributed by atoms with Gasteiger partial charge in [-0.1, -0.05) is 29.8 Å². The molecule has 0 radical (unpaired) electrons. The van der Waals surface area contributed by atoms with Crippen LogP contribution in [0.4, 0.5) is 11.4 Å². The van der Waals surface area contributed by atoms with Gasteiger partial charge in [-0.3, -0.25) is 9.69 Å². The van der Waals surface area contributed by atoms with E-state index in [1.165, 1.54) is 0 Å². The van der Waals surface area contributed by atoms with Gasteiger partial charge in [0.05, 0.1) is 30.1 Å². The van der Waals surface area contributed by atoms with Crippen LogP contribution in [0.25, 0.3) is 0 Å². The topological polar surface area (TPSA) is 44.8 Å². The summed E-state index contributed by atoms with van der Waals surface area (Å²) in [6.45, 7) is 5.71. The van der Waals surface area contributed by atoms with E-state index in [2.05, 4.69) is 21.2 Å². The van der Waals surface area contributed by atoms with E-state index in [9.17, 15) is 4.79 Å². The number of halogens is 1. The summed E-state index contributed by atoms with van der Waals surface area (Å²) in [5, 5.41) is 3.47. The molecule has 0 atom stereocenters. The molecule has 0 saturated carbocycles. The van der Waals surface area contributed by atoms with Crippen molar-refractivity contribution >= 4 is 28.9 Å². The summed E-state index contributed by atoms with van der Waals surface area (Å²) in [5.74, 6) is 0.842. The zero-order valence-corrected chi connectivity index (χ0v) is 15.9. The molecule has 26 heavy (non-hydrogen) atoms. The quantitative estimate of drug-likeness (QED) is 0.872. The minimum absolute atomic E-state index is 0.0403. The molecule has 5 nitrogen and oxygen atoms in total. The molecule has 1 N–H and O–H groups in total. The third-order valence-electron chi connectivity index (χ3n) is 4.56. The maximum atomic E-state index is 12.3. The number of nitrogens with zero attached hydrogens (tertiary/aromatic N) is 2. The van der Waals surface area contributed by atoms with Crippen molar-refractivity contribution in [2.75, 3.05) is 50.1 Å². The third kappa shape index (κ3) is 4.48. The molecule has 1 heterocycles. The molecule has 3 rings (SSSR count). The van der Waals surface area contributed by atoms with Gasteiger partial charge in [0.1, 0.15) is 5.75 Å². The summed E-state index contributed by atoms with van der Waals surface area (Å²) in [5.41, 5.74) is 2.83. The summed E-state index contributed by atoms with van der Waals surface area (Å²) < 4.78 is 5.44. The summed E-state index contributed by atoms with van der Waals surface area (Å²) in [6.07, 6.45) is 0. The number of aryl methyl sites for hydroxylation is 1. The Morgan fingerprint density at radius 3 is 2.58 bits per heavy atom. The lowest BCUT2D eigenvalue weighted by Crippen LogP contribution is -2.48. The van der Waals surface area contributed by atoms with Crippen LogP contribution in [-0.4, -0.2) is 50.6 Å². The Bertz CT molecular complexity index is 773. The first-order valence-electron chi connectivity index (χ1n) is 8.73. The number of piperazine rings is 1. The van der Waals surface area contributed by atoms with Crippen LogP contribution >= 0.6 is 11.6 Å². The molecule has 2 aromatic rings. The van der Waals surface area contributed by atoms with Crippen LogP contribution in [0.2, 0.25) is 5.02 Å². The van der Waals surface area contributed by atoms with Gasteiger partial charge in [-0.2, -0.15) is 0 Å². The van der Waals surface area contributed by atoms with Crippen molar-refractivity contribution in [1.82, 2.24) is 4.90 Å². The largest absolute Gasteiger partial charge is 0.495 e. The van der Waals surface area contributed by atoms with Crippen LogP contribution in [0, 0.1) is 6.92 Å². The Hall–Kier alpha value is -2.24. The fourth-order valence-corrected chi connectivity index (χ4v) is 3.43. The van der Waals surface area contributed by atoms with E-state index in [1.54, 1.807) is 7.11 Å². The molecule has 138 valence electrons. The van der Waals surface area contributed by atoms with Gasteiger partial charge < -0.3 is 15.0 Å². The summed E-state index contributed by atoms with van der Waals surface area (Å²) in [4.78, 5) is 16.8. The zero-order valence-electron chi connectivity index (χ0n) is 15.2. The predicted molar refractivity (Wildman–Crippen MR) is 106 cm³/mol. The molecule has 2 aromatic carbocycles. The van der Waals surface area contributed by atoms with Gasteiger partial charge in [0.25, 0.3) is 0 Å². The number of methoxy groups -OCH3 is 1. The molecular weight excluding hydrogens is 350 g/mol. The van der Waals surface area contributed by atoms with E-state index in [4.69, 9.17) is 16.3 Å². The highest BCUT2D eigenvalue weighted by Crippen LogP contribution is 2.28. The number of nitrogens with one attached hydrogen (secondary N) is 1. The second-order valence-electron chi connectivity index (χ2n) is 6.47. The Morgan fingerprint density at radius 1 is 1.15 bits per heavy atom. The zero-order chi connectivity index (χ0) is 18.5. The standard InChI is InChI=1S/C20H24ClN3O2/c1-15-7-8-17(16(21)13-15)22-20(25)14-23-9-11-24(12-10-23)18-5-3-4-6-19(18)26-2/h3-8,13H,9-12,14H2,1-2H3,(H,22,25). The molecular formula is C20H24ClN3O2. The number of para-hydroxylation sites is 2. The Labute approximate surface area is 159 Å². The molecule has 0 spiro atoms. The first-order valence-corrected chi connectivity index (χ1v) is 9.11. The summed E-state index contributed by atoms with van der Waals surface area (Å²) >= 11 is 6.19. The van der Waals surface area contributed by atoms with E-state index in [0.717, 1.165) is 43.2 Å². The molecule has 0 unspecified atom stereocenters. The van der Waals surface area contributed by atoms with E-state index in [-0.39, 0.29) is 5.91 Å². The van der Waals surface area contributed by atoms with Crippen LogP contribution in [0.3, 0.4) is 0 Å². The van der Waals surface area contributed by atoms with Gasteiger partial charge in [-0.25, -0.2) is 0 Å². The number of benzene rings is 2. The van der Waals surface area contributed by atoms with Crippen molar-refractivity contribution in [3.8, 4) is 5.75 Å². The van der Waals surface area contributed by atoms with E-state index < -0.39 is 0 Å². The number of anilines is 2. The first kappa shape index (κ1) is 18.5. The highest BCUT2D eigenvalue weighted by atomic mass is 35.5. The minimum atomic E-state index is -0.0403. The molecule has 1 aliphatic heterocycles. The highest BCUT2D eigenvalue weighted by Gasteiger charge is 2.21. The Balaban J connectivity index is 1.53. The van der Waals surface area contributed by atoms with Gasteiger partial charge in [0, 0.05) is 26.2 Å². The number of carbonyl (C=O) groups is 1. The Morgan fingerprint density at radius 2 is 1.88 bits per heavy atom. The lowest BCUT2D eigenvalue weighted by atomic mass is 10.2. The molecule has 0 aliphatic carbocycles. The molecule has 6 heteroatoms. The maximum Gasteiger partial charge on any atom is 0.238 e. The third-order valence-corrected chi connectivity index (χ3v) is 4.88. The minimum Gasteiger partial charge on any atom is -0.495 e. The van der Waals surface area contributed by atoms with Crippen molar-refractivity contribution in [2.24, 2.45) is 0 Å². The van der Waals surface area contributed by atoms with Crippen LogP contribution in [0.1, 0.15) is 5.56 Å². The lowest BCUT2D eigenvalue weighted by Gasteiger charge is -2.36. The predicted octanol–water partition coefficient (Wildman–Crippen LogP) is 3.42. The SMILES string of the molecule is COc1ccccc1N1CCN(CC(=O)Nc2ccc(C)cc2Cl)CC1. The maximum absolute atomic E-state index is 12.3. The van der Waals surface area contributed by atoms with Crippen molar-refractivity contribution in [2.45, 2.75) is 6.92 Å². The molecule has 0 bridgehead atoms. The van der Waals surface area contributed by atoms with E-state index >= 15 is 0 Å². The summed E-state index contributed by atoms with van der Waals surface area (Å²) in [7, 11) is 1.69. The van der Waals surface area contributed by atoms with Crippen molar-refractivity contribution in [3.05, 3.63) is 53.1 Å². The number of hydrogen-bond donors (Lipinski definition) is 1. The van der Waals surface area contributed by atoms with E-state index in [1.807, 2.05) is 43.3 Å². The van der Waals surface area contributed by atoms with Crippen LogP contribution in [-0.2, 0) is 4.79 Å². The van der Waals surface area contributed by atoms with Crippen LogP contribution in [0.5, 0.6) is 5.75 Å². The fourth-order valence-electron chi connectivity index (χ4n) is 3.15. The van der Waals surface area contributed by atoms with Gasteiger partial charge in [-0.05, 0) is 36.8 Å². The van der Waals surface area contributed by atoms with Crippen LogP contribution < -0.4 is 15.0 Å². The lowest BCUT2D eigenvalue weighted by molar-refractivity contribution is -0.117. The van der Waals surface area contributed by atoms with Crippen molar-refractivity contribution in [1.29, 1.82) is 0 Å². The molecule has 1 aliphatic rings. The van der Waals surface area contributed by atoms with Crippen LogP contribution in [0.15, 0.2) is 42.5 Å². The van der Waals surface area contributed by atoms with Crippen molar-refractivity contribution in [3.63, 3.8) is 0 Å². The number of carbonyl (C=O) groups excluding carboxylic acids is 1. The van der Waals surface area contributed by atoms with Gasteiger partial charge in [0.15, 0.2) is 0 Å². The highest BCUT2D eigenvalue weighted by molar-refractivity contribution is 6.33. The number of rotatable bonds is 5. The molecule has 1 amide bonds. The first-order chi connectivity index (χ1) is 12.6. The number of ether oxygens (including phenoxy) is 1.